The van der Waals surface area contributed by atoms with Gasteiger partial charge in [0.1, 0.15) is 0 Å². The molecule has 12 aromatic rings. The largest absolute Gasteiger partial charge is 0.309 e. The molecule has 308 valence electrons. The van der Waals surface area contributed by atoms with Crippen LogP contribution in [-0.4, -0.2) is 9.13 Å². The summed E-state index contributed by atoms with van der Waals surface area (Å²) in [6.45, 7) is 4.75. The standard InChI is InChI=1S/C64H42N2/c1-63(2)52-25-13-9-23-45(52)48-37-51-50-36-40(29-33-58(50)65(60(51)38-57(48)63)41-17-5-3-6-18-41)39-30-34-59-49(35-39)46-31-32-56-61(62(46)66(59)42-19-7-4-8-20-42)47-24-12-16-28-55(47)64(56)53-26-14-10-21-43(53)44-22-11-15-27-54(44)64/h3-38H,1-2H3. The van der Waals surface area contributed by atoms with Gasteiger partial charge in [-0.1, -0.05) is 172 Å². The highest BCUT2D eigenvalue weighted by Gasteiger charge is 2.52. The van der Waals surface area contributed by atoms with Crippen molar-refractivity contribution in [2.75, 3.05) is 0 Å². The predicted molar refractivity (Wildman–Crippen MR) is 274 cm³/mol. The molecular weight excluding hydrogens is 797 g/mol. The first kappa shape index (κ1) is 36.2. The molecule has 0 fully saturated rings. The van der Waals surface area contributed by atoms with E-state index < -0.39 is 5.41 Å². The molecular formula is C64H42N2. The van der Waals surface area contributed by atoms with Crippen molar-refractivity contribution in [3.63, 3.8) is 0 Å². The number of nitrogens with zero attached hydrogens (tertiary/aromatic N) is 2. The van der Waals surface area contributed by atoms with Crippen LogP contribution in [0.2, 0.25) is 0 Å². The van der Waals surface area contributed by atoms with Crippen molar-refractivity contribution < 1.29 is 0 Å². The summed E-state index contributed by atoms with van der Waals surface area (Å²) >= 11 is 0. The summed E-state index contributed by atoms with van der Waals surface area (Å²) in [5.41, 5.74) is 25.4. The van der Waals surface area contributed by atoms with E-state index in [-0.39, 0.29) is 5.41 Å². The highest BCUT2D eigenvalue weighted by atomic mass is 15.0. The summed E-state index contributed by atoms with van der Waals surface area (Å²) < 4.78 is 5.00. The first-order chi connectivity index (χ1) is 32.5. The minimum Gasteiger partial charge on any atom is -0.309 e. The smallest absolute Gasteiger partial charge is 0.0726 e. The number of hydrogen-bond acceptors (Lipinski definition) is 0. The number of fused-ring (bicyclic) bond motifs is 20. The summed E-state index contributed by atoms with van der Waals surface area (Å²) in [4.78, 5) is 0. The average molecular weight is 839 g/mol. The lowest BCUT2D eigenvalue weighted by Gasteiger charge is -2.30. The molecule has 2 aromatic heterocycles. The van der Waals surface area contributed by atoms with Gasteiger partial charge >= 0.3 is 0 Å². The lowest BCUT2D eigenvalue weighted by molar-refractivity contribution is 0.661. The Hall–Kier alpha value is -8.20. The van der Waals surface area contributed by atoms with Gasteiger partial charge in [0.2, 0.25) is 0 Å². The van der Waals surface area contributed by atoms with Crippen LogP contribution >= 0.6 is 0 Å². The molecule has 0 amide bonds. The minimum atomic E-state index is -0.414. The molecule has 3 aliphatic carbocycles. The minimum absolute atomic E-state index is 0.0908. The average Bonchev–Trinajstić information content (AvgIpc) is 4.12. The number of aromatic nitrogens is 2. The Labute approximate surface area is 383 Å². The van der Waals surface area contributed by atoms with Crippen molar-refractivity contribution in [3.8, 4) is 55.9 Å². The molecule has 2 heterocycles. The first-order valence-electron chi connectivity index (χ1n) is 23.3. The van der Waals surface area contributed by atoms with E-state index in [2.05, 4.69) is 241 Å². The van der Waals surface area contributed by atoms with E-state index in [4.69, 9.17) is 0 Å². The van der Waals surface area contributed by atoms with E-state index in [0.29, 0.717) is 0 Å². The quantitative estimate of drug-likeness (QED) is 0.168. The Morgan fingerprint density at radius 3 is 1.39 bits per heavy atom. The molecule has 0 radical (unpaired) electrons. The van der Waals surface area contributed by atoms with Gasteiger partial charge < -0.3 is 9.13 Å². The lowest BCUT2D eigenvalue weighted by Crippen LogP contribution is -2.25. The third-order valence-corrected chi connectivity index (χ3v) is 15.7. The maximum absolute atomic E-state index is 2.53. The Morgan fingerprint density at radius 1 is 0.303 bits per heavy atom. The van der Waals surface area contributed by atoms with E-state index in [0.717, 1.165) is 5.69 Å². The summed E-state index contributed by atoms with van der Waals surface area (Å²) in [5.74, 6) is 0. The maximum atomic E-state index is 2.53. The summed E-state index contributed by atoms with van der Waals surface area (Å²) in [5, 5.41) is 5.06. The molecule has 3 aliphatic rings. The van der Waals surface area contributed by atoms with Crippen LogP contribution in [0.1, 0.15) is 47.2 Å². The van der Waals surface area contributed by atoms with E-state index >= 15 is 0 Å². The number of para-hydroxylation sites is 2. The molecule has 0 aliphatic heterocycles. The first-order valence-corrected chi connectivity index (χ1v) is 23.3. The molecule has 10 aromatic carbocycles. The van der Waals surface area contributed by atoms with Gasteiger partial charge in [-0.2, -0.15) is 0 Å². The molecule has 0 atom stereocenters. The van der Waals surface area contributed by atoms with Crippen LogP contribution in [0.3, 0.4) is 0 Å². The second kappa shape index (κ2) is 12.7. The zero-order valence-corrected chi connectivity index (χ0v) is 36.7. The van der Waals surface area contributed by atoms with Gasteiger partial charge in [0.05, 0.1) is 27.5 Å². The van der Waals surface area contributed by atoms with Crippen LogP contribution in [0, 0.1) is 0 Å². The highest BCUT2D eigenvalue weighted by molar-refractivity contribution is 6.18. The molecule has 0 unspecified atom stereocenters. The summed E-state index contributed by atoms with van der Waals surface area (Å²) in [6.07, 6.45) is 0. The molecule has 0 saturated heterocycles. The van der Waals surface area contributed by atoms with Gasteiger partial charge in [-0.05, 0) is 133 Å². The zero-order valence-electron chi connectivity index (χ0n) is 36.7. The second-order valence-corrected chi connectivity index (χ2v) is 19.2. The topological polar surface area (TPSA) is 9.86 Å². The molecule has 0 saturated carbocycles. The predicted octanol–water partition coefficient (Wildman–Crippen LogP) is 16.2. The van der Waals surface area contributed by atoms with Gasteiger partial charge in [-0.15, -0.1) is 0 Å². The zero-order chi connectivity index (χ0) is 43.5. The van der Waals surface area contributed by atoms with Crippen molar-refractivity contribution in [1.29, 1.82) is 0 Å². The van der Waals surface area contributed by atoms with Gasteiger partial charge in [-0.3, -0.25) is 0 Å². The fraction of sp³-hybridized carbons (Fsp3) is 0.0625. The van der Waals surface area contributed by atoms with E-state index in [1.54, 1.807) is 0 Å². The normalized spacial score (nSPS) is 14.5. The SMILES string of the molecule is CC1(C)c2ccccc2-c2cc3c4cc(-c5ccc6c(c5)c5ccc7c(c5n6-c5ccccc5)-c5ccccc5C75c6ccccc6-c6ccccc65)ccc4n(-c4ccccc4)c3cc21. The van der Waals surface area contributed by atoms with E-state index in [1.165, 1.54) is 127 Å². The maximum Gasteiger partial charge on any atom is 0.0726 e. The molecule has 0 N–H and O–H groups in total. The Morgan fingerprint density at radius 2 is 0.773 bits per heavy atom. The van der Waals surface area contributed by atoms with Gasteiger partial charge in [0.15, 0.2) is 0 Å². The fourth-order valence-corrected chi connectivity index (χ4v) is 13.0. The molecule has 1 spiro atoms. The Bertz CT molecular complexity index is 4020. The Balaban J connectivity index is 0.995. The van der Waals surface area contributed by atoms with Gasteiger partial charge in [-0.25, -0.2) is 0 Å². The van der Waals surface area contributed by atoms with E-state index in [9.17, 15) is 0 Å². The third-order valence-electron chi connectivity index (χ3n) is 15.7. The fourth-order valence-electron chi connectivity index (χ4n) is 13.0. The monoisotopic (exact) mass is 838 g/mol. The number of benzene rings is 10. The van der Waals surface area contributed by atoms with Crippen LogP contribution in [-0.2, 0) is 10.8 Å². The molecule has 2 nitrogen and oxygen atoms in total. The number of hydrogen-bond donors (Lipinski definition) is 0. The van der Waals surface area contributed by atoms with Gasteiger partial charge in [0.25, 0.3) is 0 Å². The van der Waals surface area contributed by atoms with Crippen molar-refractivity contribution in [2.45, 2.75) is 24.7 Å². The van der Waals surface area contributed by atoms with Crippen molar-refractivity contribution in [3.05, 3.63) is 252 Å². The molecule has 15 rings (SSSR count). The van der Waals surface area contributed by atoms with Gasteiger partial charge in [0, 0.05) is 43.9 Å². The highest BCUT2D eigenvalue weighted by Crippen LogP contribution is 2.64. The summed E-state index contributed by atoms with van der Waals surface area (Å²) in [6, 6.07) is 82.3. The third kappa shape index (κ3) is 4.42. The van der Waals surface area contributed by atoms with Crippen LogP contribution in [0.5, 0.6) is 0 Å². The Kier molecular flexibility index (Phi) is 6.98. The second-order valence-electron chi connectivity index (χ2n) is 19.2. The molecule has 66 heavy (non-hydrogen) atoms. The van der Waals surface area contributed by atoms with Crippen molar-refractivity contribution in [2.24, 2.45) is 0 Å². The van der Waals surface area contributed by atoms with E-state index in [1.807, 2.05) is 0 Å². The van der Waals surface area contributed by atoms with Crippen molar-refractivity contribution >= 4 is 43.6 Å². The van der Waals surface area contributed by atoms with Crippen LogP contribution in [0.15, 0.2) is 218 Å². The summed E-state index contributed by atoms with van der Waals surface area (Å²) in [7, 11) is 0. The number of rotatable bonds is 3. The van der Waals surface area contributed by atoms with Crippen LogP contribution in [0.25, 0.3) is 99.5 Å². The lowest BCUT2D eigenvalue weighted by atomic mass is 9.70. The van der Waals surface area contributed by atoms with Crippen LogP contribution < -0.4 is 0 Å². The van der Waals surface area contributed by atoms with Crippen molar-refractivity contribution in [1.82, 2.24) is 9.13 Å². The molecule has 0 bridgehead atoms. The molecule has 2 heteroatoms. The van der Waals surface area contributed by atoms with Crippen LogP contribution in [0.4, 0.5) is 0 Å².